The van der Waals surface area contributed by atoms with E-state index in [9.17, 15) is 23.7 Å². The summed E-state index contributed by atoms with van der Waals surface area (Å²) in [5.74, 6) is -1.87. The number of rotatable bonds is 5. The molecule has 7 nitrogen and oxygen atoms in total. The summed E-state index contributed by atoms with van der Waals surface area (Å²) >= 11 is 0. The number of alkyl halides is 2. The van der Waals surface area contributed by atoms with E-state index in [1.54, 1.807) is 0 Å². The molecule has 0 bridgehead atoms. The summed E-state index contributed by atoms with van der Waals surface area (Å²) in [6.07, 6.45) is -3.83. The van der Waals surface area contributed by atoms with Gasteiger partial charge in [-0.2, -0.15) is 0 Å². The predicted octanol–water partition coefficient (Wildman–Crippen LogP) is 1.56. The maximum Gasteiger partial charge on any atom is 0.331 e. The molecule has 0 atom stereocenters. The number of carboxylic acid groups (broad SMARTS) is 1. The lowest BCUT2D eigenvalue weighted by Gasteiger charge is -2.08. The molecule has 0 radical (unpaired) electrons. The predicted molar refractivity (Wildman–Crippen MR) is 53.7 cm³/mol. The fourth-order valence-corrected chi connectivity index (χ4v) is 1.29. The monoisotopic (exact) mass is 262 g/mol. The number of carbonyl (C=O) groups is 1. The van der Waals surface area contributed by atoms with Crippen molar-refractivity contribution in [3.63, 3.8) is 0 Å². The summed E-state index contributed by atoms with van der Waals surface area (Å²) in [6, 6.07) is 0.578. The van der Waals surface area contributed by atoms with Crippen LogP contribution in [-0.4, -0.2) is 28.1 Å². The van der Waals surface area contributed by atoms with Gasteiger partial charge in [-0.05, 0) is 0 Å². The number of aliphatic carboxylic acids is 1. The Morgan fingerprint density at radius 1 is 1.67 bits per heavy atom. The van der Waals surface area contributed by atoms with Crippen LogP contribution in [-0.2, 0) is 11.2 Å². The second kappa shape index (κ2) is 5.34. The quantitative estimate of drug-likeness (QED) is 0.638. The van der Waals surface area contributed by atoms with Crippen molar-refractivity contribution in [1.29, 1.82) is 0 Å². The molecule has 0 aliphatic carbocycles. The number of pyridine rings is 1. The number of methoxy groups -OCH3 is 1. The van der Waals surface area contributed by atoms with Gasteiger partial charge in [0.2, 0.25) is 0 Å². The molecule has 0 fully saturated rings. The van der Waals surface area contributed by atoms with E-state index >= 15 is 0 Å². The first-order valence-electron chi connectivity index (χ1n) is 4.59. The van der Waals surface area contributed by atoms with Gasteiger partial charge in [-0.25, -0.2) is 13.8 Å². The standard InChI is InChI=1S/C9H8F2N2O5/c1-18-9-6(13(16)17)2-4(8(10)11)5(12-9)3-7(14)15/h2,8H,3H2,1H3,(H,14,15). The van der Waals surface area contributed by atoms with E-state index in [2.05, 4.69) is 9.72 Å². The molecule has 0 saturated carbocycles. The molecule has 0 spiro atoms. The zero-order valence-electron chi connectivity index (χ0n) is 9.09. The lowest BCUT2D eigenvalue weighted by Crippen LogP contribution is -2.09. The molecule has 0 aromatic carbocycles. The maximum atomic E-state index is 12.7. The van der Waals surface area contributed by atoms with Crippen LogP contribution in [0, 0.1) is 10.1 Å². The van der Waals surface area contributed by atoms with Gasteiger partial charge >= 0.3 is 11.7 Å². The third-order valence-electron chi connectivity index (χ3n) is 2.02. The molecule has 1 aromatic heterocycles. The number of carboxylic acids is 1. The van der Waals surface area contributed by atoms with Gasteiger partial charge in [0, 0.05) is 11.6 Å². The van der Waals surface area contributed by atoms with Crippen molar-refractivity contribution in [3.8, 4) is 5.88 Å². The lowest BCUT2D eigenvalue weighted by molar-refractivity contribution is -0.386. The highest BCUT2D eigenvalue weighted by atomic mass is 19.3. The van der Waals surface area contributed by atoms with Gasteiger partial charge in [-0.3, -0.25) is 14.9 Å². The van der Waals surface area contributed by atoms with E-state index in [1.807, 2.05) is 0 Å². The molecular weight excluding hydrogens is 254 g/mol. The van der Waals surface area contributed by atoms with E-state index in [-0.39, 0.29) is 0 Å². The minimum absolute atomic E-state index is 0.458. The first-order chi connectivity index (χ1) is 8.36. The van der Waals surface area contributed by atoms with E-state index in [0.717, 1.165) is 7.11 Å². The summed E-state index contributed by atoms with van der Waals surface area (Å²) in [5.41, 5.74) is -1.98. The van der Waals surface area contributed by atoms with Crippen LogP contribution >= 0.6 is 0 Å². The first kappa shape index (κ1) is 13.7. The van der Waals surface area contributed by atoms with Gasteiger partial charge in [0.25, 0.3) is 12.3 Å². The van der Waals surface area contributed by atoms with Gasteiger partial charge in [0.15, 0.2) is 0 Å². The second-order valence-electron chi connectivity index (χ2n) is 3.18. The molecule has 1 aromatic rings. The van der Waals surface area contributed by atoms with Crippen molar-refractivity contribution in [3.05, 3.63) is 27.4 Å². The SMILES string of the molecule is COc1nc(CC(=O)O)c(C(F)F)cc1[N+](=O)[O-]. The molecule has 0 amide bonds. The van der Waals surface area contributed by atoms with E-state index in [0.29, 0.717) is 6.07 Å². The highest BCUT2D eigenvalue weighted by Gasteiger charge is 2.25. The molecule has 18 heavy (non-hydrogen) atoms. The number of aromatic nitrogens is 1. The van der Waals surface area contributed by atoms with Crippen LogP contribution in [0.1, 0.15) is 17.7 Å². The largest absolute Gasteiger partial charge is 0.481 e. The normalized spacial score (nSPS) is 10.4. The third-order valence-corrected chi connectivity index (χ3v) is 2.02. The minimum Gasteiger partial charge on any atom is -0.481 e. The maximum absolute atomic E-state index is 12.7. The third kappa shape index (κ3) is 2.87. The molecule has 0 aliphatic heterocycles. The molecular formula is C9H8F2N2O5. The Morgan fingerprint density at radius 2 is 2.28 bits per heavy atom. The smallest absolute Gasteiger partial charge is 0.331 e. The van der Waals surface area contributed by atoms with Crippen LogP contribution in [0.15, 0.2) is 6.07 Å². The number of hydrogen-bond donors (Lipinski definition) is 1. The van der Waals surface area contributed by atoms with Crippen molar-refractivity contribution < 1.29 is 28.3 Å². The summed E-state index contributed by atoms with van der Waals surface area (Å²) in [4.78, 5) is 23.6. The van der Waals surface area contributed by atoms with E-state index in [4.69, 9.17) is 5.11 Å². The van der Waals surface area contributed by atoms with E-state index < -0.39 is 46.6 Å². The summed E-state index contributed by atoms with van der Waals surface area (Å²) in [6.45, 7) is 0. The number of ether oxygens (including phenoxy) is 1. The Morgan fingerprint density at radius 3 is 2.67 bits per heavy atom. The number of halogens is 2. The fourth-order valence-electron chi connectivity index (χ4n) is 1.29. The Labute approximate surface area is 99.2 Å². The first-order valence-corrected chi connectivity index (χ1v) is 4.59. The molecule has 0 saturated heterocycles. The van der Waals surface area contributed by atoms with Gasteiger partial charge < -0.3 is 9.84 Å². The molecule has 1 heterocycles. The van der Waals surface area contributed by atoms with Crippen molar-refractivity contribution in [2.45, 2.75) is 12.8 Å². The van der Waals surface area contributed by atoms with Crippen LogP contribution in [0.2, 0.25) is 0 Å². The zero-order valence-corrected chi connectivity index (χ0v) is 9.09. The Bertz CT molecular complexity index is 492. The molecule has 98 valence electrons. The van der Waals surface area contributed by atoms with Crippen LogP contribution in [0.3, 0.4) is 0 Å². The second-order valence-corrected chi connectivity index (χ2v) is 3.18. The summed E-state index contributed by atoms with van der Waals surface area (Å²) in [7, 11) is 1.07. The molecule has 0 unspecified atom stereocenters. The van der Waals surface area contributed by atoms with Crippen LogP contribution < -0.4 is 4.74 Å². The van der Waals surface area contributed by atoms with Crippen molar-refractivity contribution in [2.75, 3.05) is 7.11 Å². The molecule has 1 N–H and O–H groups in total. The van der Waals surface area contributed by atoms with Crippen molar-refractivity contribution in [1.82, 2.24) is 4.98 Å². The number of nitro groups is 1. The van der Waals surface area contributed by atoms with Crippen LogP contribution in [0.5, 0.6) is 5.88 Å². The van der Waals surface area contributed by atoms with Crippen molar-refractivity contribution in [2.24, 2.45) is 0 Å². The lowest BCUT2D eigenvalue weighted by atomic mass is 10.1. The van der Waals surface area contributed by atoms with Crippen LogP contribution in [0.4, 0.5) is 14.5 Å². The fraction of sp³-hybridized carbons (Fsp3) is 0.333. The number of hydrogen-bond acceptors (Lipinski definition) is 5. The molecule has 9 heteroatoms. The Kier molecular flexibility index (Phi) is 4.08. The zero-order chi connectivity index (χ0) is 13.9. The minimum atomic E-state index is -3.06. The van der Waals surface area contributed by atoms with Gasteiger partial charge in [0.1, 0.15) is 0 Å². The van der Waals surface area contributed by atoms with E-state index in [1.165, 1.54) is 0 Å². The molecule has 0 aliphatic rings. The Balaban J connectivity index is 3.41. The average Bonchev–Trinajstić information content (AvgIpc) is 2.26. The number of nitrogens with zero attached hydrogens (tertiary/aromatic N) is 2. The summed E-state index contributed by atoms with van der Waals surface area (Å²) < 4.78 is 29.9. The molecule has 1 rings (SSSR count). The summed E-state index contributed by atoms with van der Waals surface area (Å²) in [5, 5.41) is 19.2. The van der Waals surface area contributed by atoms with Crippen molar-refractivity contribution >= 4 is 11.7 Å². The van der Waals surface area contributed by atoms with Crippen LogP contribution in [0.25, 0.3) is 0 Å². The topological polar surface area (TPSA) is 103 Å². The highest BCUT2D eigenvalue weighted by Crippen LogP contribution is 2.32. The van der Waals surface area contributed by atoms with Gasteiger partial charge in [-0.15, -0.1) is 0 Å². The van der Waals surface area contributed by atoms with Gasteiger partial charge in [0.05, 0.1) is 24.1 Å². The Hall–Kier alpha value is -2.32. The highest BCUT2D eigenvalue weighted by molar-refractivity contribution is 5.70. The average molecular weight is 262 g/mol. The van der Waals surface area contributed by atoms with Gasteiger partial charge in [-0.1, -0.05) is 0 Å².